The predicted octanol–water partition coefficient (Wildman–Crippen LogP) is 5.82. The third-order valence-corrected chi connectivity index (χ3v) is 5.66. The Balaban J connectivity index is 1.61. The standard InChI is InChI=1S/C18H32F2O/c1-2-3-14-4-6-15(7-5-14)16-8-10-17(11-9-16)21-13-12-18(19)20/h14-18H,2-13H2,1H3. The zero-order valence-corrected chi connectivity index (χ0v) is 13.5. The molecule has 0 heterocycles. The van der Waals surface area contributed by atoms with Crippen LogP contribution in [0.2, 0.25) is 0 Å². The van der Waals surface area contributed by atoms with E-state index in [1.807, 2.05) is 0 Å². The highest BCUT2D eigenvalue weighted by atomic mass is 19.3. The van der Waals surface area contributed by atoms with Crippen LogP contribution < -0.4 is 0 Å². The molecular weight excluding hydrogens is 270 g/mol. The van der Waals surface area contributed by atoms with Crippen LogP contribution in [0.1, 0.15) is 77.6 Å². The molecule has 0 aliphatic heterocycles. The molecule has 0 aromatic carbocycles. The van der Waals surface area contributed by atoms with Crippen LogP contribution in [0.15, 0.2) is 0 Å². The SMILES string of the molecule is CCCC1CCC(C2CCC(OCCC(F)F)CC2)CC1. The number of hydrogen-bond acceptors (Lipinski definition) is 1. The molecular formula is C18H32F2O. The molecule has 0 aromatic heterocycles. The molecule has 0 aromatic rings. The number of ether oxygens (including phenoxy) is 1. The number of alkyl halides is 2. The Bertz CT molecular complexity index is 266. The minimum Gasteiger partial charge on any atom is -0.378 e. The second-order valence-corrected chi connectivity index (χ2v) is 7.16. The molecule has 21 heavy (non-hydrogen) atoms. The quantitative estimate of drug-likeness (QED) is 0.575. The molecule has 2 fully saturated rings. The summed E-state index contributed by atoms with van der Waals surface area (Å²) in [6.45, 7) is 2.52. The van der Waals surface area contributed by atoms with Gasteiger partial charge in [-0.15, -0.1) is 0 Å². The lowest BCUT2D eigenvalue weighted by atomic mass is 9.70. The van der Waals surface area contributed by atoms with Gasteiger partial charge in [0.15, 0.2) is 0 Å². The fraction of sp³-hybridized carbons (Fsp3) is 1.00. The average Bonchev–Trinajstić information content (AvgIpc) is 2.49. The minimum absolute atomic E-state index is 0.110. The van der Waals surface area contributed by atoms with E-state index < -0.39 is 6.43 Å². The molecule has 0 N–H and O–H groups in total. The van der Waals surface area contributed by atoms with Crippen molar-refractivity contribution < 1.29 is 13.5 Å². The fourth-order valence-electron chi connectivity index (χ4n) is 4.41. The Morgan fingerprint density at radius 1 is 0.905 bits per heavy atom. The van der Waals surface area contributed by atoms with E-state index in [1.165, 1.54) is 51.4 Å². The van der Waals surface area contributed by atoms with Gasteiger partial charge in [0, 0.05) is 6.42 Å². The van der Waals surface area contributed by atoms with Crippen molar-refractivity contribution in [2.24, 2.45) is 17.8 Å². The van der Waals surface area contributed by atoms with Crippen molar-refractivity contribution in [3.8, 4) is 0 Å². The lowest BCUT2D eigenvalue weighted by Crippen LogP contribution is -2.29. The van der Waals surface area contributed by atoms with Gasteiger partial charge in [-0.2, -0.15) is 0 Å². The zero-order valence-electron chi connectivity index (χ0n) is 13.5. The van der Waals surface area contributed by atoms with Crippen molar-refractivity contribution in [1.29, 1.82) is 0 Å². The fourth-order valence-corrected chi connectivity index (χ4v) is 4.41. The van der Waals surface area contributed by atoms with Crippen molar-refractivity contribution in [1.82, 2.24) is 0 Å². The molecule has 2 saturated carbocycles. The smallest absolute Gasteiger partial charge is 0.240 e. The van der Waals surface area contributed by atoms with E-state index in [0.29, 0.717) is 0 Å². The van der Waals surface area contributed by atoms with Gasteiger partial charge in [0.25, 0.3) is 0 Å². The molecule has 2 rings (SSSR count). The van der Waals surface area contributed by atoms with Gasteiger partial charge in [-0.1, -0.05) is 32.6 Å². The summed E-state index contributed by atoms with van der Waals surface area (Å²) in [4.78, 5) is 0. The molecule has 1 nitrogen and oxygen atoms in total. The van der Waals surface area contributed by atoms with Gasteiger partial charge in [-0.3, -0.25) is 0 Å². The number of hydrogen-bond donors (Lipinski definition) is 0. The van der Waals surface area contributed by atoms with Crippen molar-refractivity contribution in [2.45, 2.75) is 90.1 Å². The second kappa shape index (κ2) is 9.07. The summed E-state index contributed by atoms with van der Waals surface area (Å²) in [5, 5.41) is 0. The Hall–Kier alpha value is -0.180. The first-order chi connectivity index (χ1) is 10.2. The van der Waals surface area contributed by atoms with Crippen LogP contribution >= 0.6 is 0 Å². The van der Waals surface area contributed by atoms with Crippen LogP contribution in [0.3, 0.4) is 0 Å². The normalized spacial score (nSPS) is 34.3. The van der Waals surface area contributed by atoms with Crippen LogP contribution in [0.5, 0.6) is 0 Å². The third-order valence-electron chi connectivity index (χ3n) is 5.66. The molecule has 0 unspecified atom stereocenters. The number of halogens is 2. The van der Waals surface area contributed by atoms with Gasteiger partial charge in [0.05, 0.1) is 12.7 Å². The molecule has 0 radical (unpaired) electrons. The summed E-state index contributed by atoms with van der Waals surface area (Å²) in [7, 11) is 0. The summed E-state index contributed by atoms with van der Waals surface area (Å²) in [6.07, 6.45) is 11.0. The molecule has 2 aliphatic rings. The predicted molar refractivity (Wildman–Crippen MR) is 82.7 cm³/mol. The Kier molecular flexibility index (Phi) is 7.42. The molecule has 0 amide bonds. The molecule has 0 saturated heterocycles. The molecule has 0 bridgehead atoms. The third kappa shape index (κ3) is 5.84. The van der Waals surface area contributed by atoms with E-state index in [9.17, 15) is 8.78 Å². The molecule has 2 aliphatic carbocycles. The van der Waals surface area contributed by atoms with Gasteiger partial charge < -0.3 is 4.74 Å². The molecule has 124 valence electrons. The lowest BCUT2D eigenvalue weighted by Gasteiger charge is -2.37. The zero-order chi connectivity index (χ0) is 15.1. The number of rotatable bonds is 7. The Labute approximate surface area is 128 Å². The van der Waals surface area contributed by atoms with Crippen molar-refractivity contribution in [3.05, 3.63) is 0 Å². The van der Waals surface area contributed by atoms with Gasteiger partial charge in [-0.05, 0) is 56.3 Å². The Morgan fingerprint density at radius 2 is 1.48 bits per heavy atom. The Morgan fingerprint density at radius 3 is 2.00 bits per heavy atom. The topological polar surface area (TPSA) is 9.23 Å². The first-order valence-corrected chi connectivity index (χ1v) is 9.08. The largest absolute Gasteiger partial charge is 0.378 e. The maximum atomic E-state index is 12.1. The van der Waals surface area contributed by atoms with Crippen LogP contribution in [-0.2, 0) is 4.74 Å². The maximum Gasteiger partial charge on any atom is 0.240 e. The van der Waals surface area contributed by atoms with E-state index in [1.54, 1.807) is 0 Å². The minimum atomic E-state index is -2.22. The van der Waals surface area contributed by atoms with E-state index in [4.69, 9.17) is 4.74 Å². The van der Waals surface area contributed by atoms with Crippen LogP contribution in [0.4, 0.5) is 8.78 Å². The van der Waals surface area contributed by atoms with Crippen molar-refractivity contribution in [2.75, 3.05) is 6.61 Å². The monoisotopic (exact) mass is 302 g/mol. The highest BCUT2D eigenvalue weighted by Crippen LogP contribution is 2.41. The molecule has 3 heteroatoms. The summed E-state index contributed by atoms with van der Waals surface area (Å²) in [5.74, 6) is 2.79. The van der Waals surface area contributed by atoms with Crippen molar-refractivity contribution in [3.63, 3.8) is 0 Å². The molecule has 0 atom stereocenters. The van der Waals surface area contributed by atoms with E-state index in [2.05, 4.69) is 6.92 Å². The van der Waals surface area contributed by atoms with Crippen LogP contribution in [0.25, 0.3) is 0 Å². The van der Waals surface area contributed by atoms with E-state index in [0.717, 1.165) is 30.6 Å². The summed E-state index contributed by atoms with van der Waals surface area (Å²) < 4.78 is 29.8. The average molecular weight is 302 g/mol. The summed E-state index contributed by atoms with van der Waals surface area (Å²) in [5.41, 5.74) is 0. The summed E-state index contributed by atoms with van der Waals surface area (Å²) >= 11 is 0. The van der Waals surface area contributed by atoms with Gasteiger partial charge in [-0.25, -0.2) is 8.78 Å². The maximum absolute atomic E-state index is 12.1. The van der Waals surface area contributed by atoms with Gasteiger partial charge in [0.2, 0.25) is 6.43 Å². The highest BCUT2D eigenvalue weighted by Gasteiger charge is 2.30. The van der Waals surface area contributed by atoms with Crippen LogP contribution in [0, 0.1) is 17.8 Å². The second-order valence-electron chi connectivity index (χ2n) is 7.16. The summed E-state index contributed by atoms with van der Waals surface area (Å²) in [6, 6.07) is 0. The van der Waals surface area contributed by atoms with Gasteiger partial charge >= 0.3 is 0 Å². The van der Waals surface area contributed by atoms with Gasteiger partial charge in [0.1, 0.15) is 0 Å². The van der Waals surface area contributed by atoms with E-state index in [-0.39, 0.29) is 19.1 Å². The highest BCUT2D eigenvalue weighted by molar-refractivity contribution is 4.82. The van der Waals surface area contributed by atoms with E-state index >= 15 is 0 Å². The first-order valence-electron chi connectivity index (χ1n) is 9.08. The first kappa shape index (κ1) is 17.2. The molecule has 0 spiro atoms. The lowest BCUT2D eigenvalue weighted by molar-refractivity contribution is -0.0116. The van der Waals surface area contributed by atoms with Crippen LogP contribution in [-0.4, -0.2) is 19.1 Å². The van der Waals surface area contributed by atoms with Crippen molar-refractivity contribution >= 4 is 0 Å².